The summed E-state index contributed by atoms with van der Waals surface area (Å²) >= 11 is 0. The summed E-state index contributed by atoms with van der Waals surface area (Å²) in [5, 5.41) is 1.15. The molecule has 2 aromatic rings. The van der Waals surface area contributed by atoms with Gasteiger partial charge in [-0.1, -0.05) is 6.42 Å². The van der Waals surface area contributed by atoms with Crippen LogP contribution in [0.25, 0.3) is 11.0 Å². The van der Waals surface area contributed by atoms with Crippen molar-refractivity contribution in [2.75, 3.05) is 18.0 Å². The number of nitrogens with one attached hydrogen (secondary N) is 1. The zero-order chi connectivity index (χ0) is 20.1. The molecule has 4 rings (SSSR count). The second-order valence-corrected chi connectivity index (χ2v) is 9.28. The molecule has 1 saturated carbocycles. The largest absolute Gasteiger partial charge is 0.444 e. The molecule has 2 aliphatic rings. The maximum absolute atomic E-state index is 12.6. The summed E-state index contributed by atoms with van der Waals surface area (Å²) in [6.45, 7) is 11.3. The van der Waals surface area contributed by atoms with Gasteiger partial charge in [-0.3, -0.25) is 0 Å². The Labute approximate surface area is 166 Å². The molecule has 1 saturated heterocycles. The minimum absolute atomic E-state index is 0.0437. The first-order valence-corrected chi connectivity index (χ1v) is 10.3. The van der Waals surface area contributed by atoms with Crippen molar-refractivity contribution in [3.8, 4) is 0 Å². The van der Waals surface area contributed by atoms with Gasteiger partial charge in [0.15, 0.2) is 0 Å². The first-order valence-electron chi connectivity index (χ1n) is 10.3. The van der Waals surface area contributed by atoms with Crippen LogP contribution >= 0.6 is 0 Å². The standard InChI is InChI=1S/C21H31N5O2/c1-13-11-26(20(27)28-21(3,4)5)14(2)10-25(13)19-17-16(15-7-6-8-15)9-22-18(17)23-12-24-19/h9,12-15H,6-8,10-11H2,1-5H3,(H,22,23,24)/t13?,14-/m0/s1. The van der Waals surface area contributed by atoms with Crippen LogP contribution in [0, 0.1) is 0 Å². The van der Waals surface area contributed by atoms with Gasteiger partial charge in [0.25, 0.3) is 0 Å². The van der Waals surface area contributed by atoms with E-state index in [4.69, 9.17) is 4.74 Å². The predicted molar refractivity (Wildman–Crippen MR) is 110 cm³/mol. The Morgan fingerprint density at radius 2 is 1.93 bits per heavy atom. The molecule has 0 aromatic carbocycles. The first kappa shape index (κ1) is 19.0. The van der Waals surface area contributed by atoms with Gasteiger partial charge in [-0.15, -0.1) is 0 Å². The highest BCUT2D eigenvalue weighted by Crippen LogP contribution is 2.42. The topological polar surface area (TPSA) is 74.3 Å². The van der Waals surface area contributed by atoms with Crippen LogP contribution in [-0.2, 0) is 4.74 Å². The number of fused-ring (bicyclic) bond motifs is 1. The van der Waals surface area contributed by atoms with E-state index in [2.05, 4.69) is 39.9 Å². The number of anilines is 1. The highest BCUT2D eigenvalue weighted by Gasteiger charge is 2.36. The van der Waals surface area contributed by atoms with Crippen LogP contribution in [0.3, 0.4) is 0 Å². The van der Waals surface area contributed by atoms with E-state index in [0.717, 1.165) is 23.4 Å². The number of hydrogen-bond donors (Lipinski definition) is 1. The number of nitrogens with zero attached hydrogens (tertiary/aromatic N) is 4. The third kappa shape index (κ3) is 3.42. The maximum atomic E-state index is 12.6. The van der Waals surface area contributed by atoms with Crippen LogP contribution in [0.5, 0.6) is 0 Å². The van der Waals surface area contributed by atoms with Crippen molar-refractivity contribution in [2.24, 2.45) is 0 Å². The van der Waals surface area contributed by atoms with Gasteiger partial charge in [-0.25, -0.2) is 14.8 Å². The fourth-order valence-corrected chi connectivity index (χ4v) is 4.23. The number of carbonyl (C=O) groups is 1. The minimum Gasteiger partial charge on any atom is -0.444 e. The lowest BCUT2D eigenvalue weighted by Crippen LogP contribution is -2.59. The van der Waals surface area contributed by atoms with E-state index in [1.165, 1.54) is 24.8 Å². The second-order valence-electron chi connectivity index (χ2n) is 9.28. The molecule has 0 spiro atoms. The molecule has 7 heteroatoms. The molecule has 0 bridgehead atoms. The third-order valence-electron chi connectivity index (χ3n) is 5.91. The lowest BCUT2D eigenvalue weighted by Gasteiger charge is -2.45. The third-order valence-corrected chi connectivity index (χ3v) is 5.91. The van der Waals surface area contributed by atoms with E-state index in [1.807, 2.05) is 25.7 Å². The highest BCUT2D eigenvalue weighted by atomic mass is 16.6. The fraction of sp³-hybridized carbons (Fsp3) is 0.667. The molecule has 2 fully saturated rings. The zero-order valence-corrected chi connectivity index (χ0v) is 17.5. The molecule has 2 atom stereocenters. The monoisotopic (exact) mass is 385 g/mol. The Bertz CT molecular complexity index is 867. The molecular formula is C21H31N5O2. The molecular weight excluding hydrogens is 354 g/mol. The summed E-state index contributed by atoms with van der Waals surface area (Å²) < 4.78 is 5.61. The Morgan fingerprint density at radius 3 is 2.57 bits per heavy atom. The number of H-pyrrole nitrogens is 1. The van der Waals surface area contributed by atoms with Crippen LogP contribution in [0.1, 0.15) is 65.4 Å². The average Bonchev–Trinajstić information content (AvgIpc) is 2.97. The number of hydrogen-bond acceptors (Lipinski definition) is 5. The van der Waals surface area contributed by atoms with Crippen molar-refractivity contribution in [1.29, 1.82) is 0 Å². The zero-order valence-electron chi connectivity index (χ0n) is 17.5. The second kappa shape index (κ2) is 6.94. The van der Waals surface area contributed by atoms with Crippen molar-refractivity contribution in [3.05, 3.63) is 18.1 Å². The Balaban J connectivity index is 1.61. The van der Waals surface area contributed by atoms with Gasteiger partial charge in [0, 0.05) is 31.4 Å². The van der Waals surface area contributed by atoms with Crippen LogP contribution < -0.4 is 4.90 Å². The number of ether oxygens (including phenoxy) is 1. The van der Waals surface area contributed by atoms with Crippen molar-refractivity contribution < 1.29 is 9.53 Å². The van der Waals surface area contributed by atoms with E-state index in [9.17, 15) is 4.79 Å². The number of aromatic nitrogens is 3. The highest BCUT2D eigenvalue weighted by molar-refractivity contribution is 5.91. The van der Waals surface area contributed by atoms with Gasteiger partial charge >= 0.3 is 6.09 Å². The molecule has 28 heavy (non-hydrogen) atoms. The lowest BCUT2D eigenvalue weighted by molar-refractivity contribution is 0.0130. The smallest absolute Gasteiger partial charge is 0.410 e. The van der Waals surface area contributed by atoms with E-state index in [0.29, 0.717) is 12.5 Å². The molecule has 1 aliphatic heterocycles. The summed E-state index contributed by atoms with van der Waals surface area (Å²) in [6, 6.07) is 0.188. The molecule has 1 aliphatic carbocycles. The number of amides is 1. The van der Waals surface area contributed by atoms with Gasteiger partial charge < -0.3 is 19.5 Å². The fourth-order valence-electron chi connectivity index (χ4n) is 4.23. The SMILES string of the molecule is CC1CN(C(=O)OC(C)(C)C)[C@@H](C)CN1c1ncnc2[nH]cc(C3CCC3)c12. The van der Waals surface area contributed by atoms with E-state index in [-0.39, 0.29) is 18.2 Å². The van der Waals surface area contributed by atoms with E-state index >= 15 is 0 Å². The minimum atomic E-state index is -0.487. The molecule has 7 nitrogen and oxygen atoms in total. The molecule has 2 aromatic heterocycles. The van der Waals surface area contributed by atoms with Gasteiger partial charge in [-0.2, -0.15) is 0 Å². The summed E-state index contributed by atoms with van der Waals surface area (Å²) in [6.07, 6.45) is 7.27. The van der Waals surface area contributed by atoms with Crippen molar-refractivity contribution >= 4 is 22.9 Å². The van der Waals surface area contributed by atoms with Crippen LogP contribution in [0.15, 0.2) is 12.5 Å². The van der Waals surface area contributed by atoms with Crippen LogP contribution in [0.4, 0.5) is 10.6 Å². The van der Waals surface area contributed by atoms with Gasteiger partial charge in [0.1, 0.15) is 23.4 Å². The van der Waals surface area contributed by atoms with E-state index < -0.39 is 5.60 Å². The Hall–Kier alpha value is -2.31. The van der Waals surface area contributed by atoms with Crippen molar-refractivity contribution in [3.63, 3.8) is 0 Å². The Kier molecular flexibility index (Phi) is 4.71. The summed E-state index contributed by atoms with van der Waals surface area (Å²) in [5.41, 5.74) is 1.76. The van der Waals surface area contributed by atoms with Gasteiger partial charge in [0.2, 0.25) is 0 Å². The lowest BCUT2D eigenvalue weighted by atomic mass is 9.80. The van der Waals surface area contributed by atoms with Crippen LogP contribution in [-0.4, -0.2) is 56.7 Å². The summed E-state index contributed by atoms with van der Waals surface area (Å²) in [5.74, 6) is 1.59. The Morgan fingerprint density at radius 1 is 1.18 bits per heavy atom. The van der Waals surface area contributed by atoms with Gasteiger partial charge in [0.05, 0.1) is 5.39 Å². The summed E-state index contributed by atoms with van der Waals surface area (Å²) in [7, 11) is 0. The van der Waals surface area contributed by atoms with Crippen molar-refractivity contribution in [1.82, 2.24) is 19.9 Å². The molecule has 0 radical (unpaired) electrons. The predicted octanol–water partition coefficient (Wildman–Crippen LogP) is 4.06. The van der Waals surface area contributed by atoms with E-state index in [1.54, 1.807) is 6.33 Å². The number of aromatic amines is 1. The summed E-state index contributed by atoms with van der Waals surface area (Å²) in [4.78, 5) is 29.3. The molecule has 1 N–H and O–H groups in total. The number of rotatable bonds is 2. The normalized spacial score (nSPS) is 23.8. The van der Waals surface area contributed by atoms with Crippen LogP contribution in [0.2, 0.25) is 0 Å². The number of piperazine rings is 1. The first-order chi connectivity index (χ1) is 13.2. The average molecular weight is 386 g/mol. The van der Waals surface area contributed by atoms with Gasteiger partial charge in [-0.05, 0) is 58.9 Å². The maximum Gasteiger partial charge on any atom is 0.410 e. The molecule has 1 amide bonds. The molecule has 3 heterocycles. The quantitative estimate of drug-likeness (QED) is 0.844. The molecule has 152 valence electrons. The van der Waals surface area contributed by atoms with Crippen molar-refractivity contribution in [2.45, 2.75) is 77.5 Å². The number of carbonyl (C=O) groups excluding carboxylic acids is 1. The molecule has 1 unspecified atom stereocenters.